The lowest BCUT2D eigenvalue weighted by Gasteiger charge is -2.30. The topological polar surface area (TPSA) is 78.2 Å². The van der Waals surface area contributed by atoms with Gasteiger partial charge in [0.2, 0.25) is 10.0 Å². The van der Waals surface area contributed by atoms with Gasteiger partial charge < -0.3 is 0 Å². The number of Topliss-reactive ketones (excluding diaryl/α,β-unsaturated/α-hetero) is 1. The van der Waals surface area contributed by atoms with Crippen molar-refractivity contribution in [2.45, 2.75) is 25.5 Å². The van der Waals surface area contributed by atoms with Crippen LogP contribution >= 0.6 is 0 Å². The van der Waals surface area contributed by atoms with Crippen LogP contribution in [0.2, 0.25) is 0 Å². The zero-order valence-corrected chi connectivity index (χ0v) is 12.8. The van der Waals surface area contributed by atoms with Crippen molar-refractivity contribution in [2.24, 2.45) is 5.92 Å². The Morgan fingerprint density at radius 2 is 2.14 bits per heavy atom. The van der Waals surface area contributed by atoms with E-state index in [4.69, 9.17) is 5.26 Å². The number of sulfonamides is 1. The number of piperidine rings is 1. The maximum absolute atomic E-state index is 12.5. The molecule has 5 nitrogen and oxygen atoms in total. The van der Waals surface area contributed by atoms with E-state index in [1.807, 2.05) is 6.07 Å². The summed E-state index contributed by atoms with van der Waals surface area (Å²) in [6.45, 7) is 2.21. The predicted octanol–water partition coefficient (Wildman–Crippen LogP) is 1.69. The first-order valence-corrected chi connectivity index (χ1v) is 8.51. The van der Waals surface area contributed by atoms with Gasteiger partial charge in [-0.15, -0.1) is 0 Å². The van der Waals surface area contributed by atoms with Gasteiger partial charge in [0, 0.05) is 19.0 Å². The second-order valence-corrected chi connectivity index (χ2v) is 7.30. The lowest BCUT2D eigenvalue weighted by Crippen LogP contribution is -2.42. The number of hydrogen-bond acceptors (Lipinski definition) is 4. The summed E-state index contributed by atoms with van der Waals surface area (Å²) in [5, 5.41) is 9.04. The summed E-state index contributed by atoms with van der Waals surface area (Å²) in [7, 11) is -3.51. The van der Waals surface area contributed by atoms with Crippen molar-refractivity contribution in [3.63, 3.8) is 0 Å². The Hall–Kier alpha value is -1.71. The fourth-order valence-corrected chi connectivity index (χ4v) is 4.21. The molecule has 0 spiro atoms. The largest absolute Gasteiger partial charge is 0.300 e. The van der Waals surface area contributed by atoms with Crippen molar-refractivity contribution in [1.82, 2.24) is 4.31 Å². The molecule has 6 heteroatoms. The second-order valence-electron chi connectivity index (χ2n) is 5.33. The summed E-state index contributed by atoms with van der Waals surface area (Å²) in [5.74, 6) is -0.367. The third-order valence-corrected chi connectivity index (χ3v) is 5.62. The van der Waals surface area contributed by atoms with E-state index in [2.05, 4.69) is 0 Å². The van der Waals surface area contributed by atoms with Crippen LogP contribution in [0.25, 0.3) is 0 Å². The van der Waals surface area contributed by atoms with Gasteiger partial charge in [-0.1, -0.05) is 18.2 Å². The highest BCUT2D eigenvalue weighted by atomic mass is 32.2. The van der Waals surface area contributed by atoms with E-state index in [1.165, 1.54) is 11.2 Å². The predicted molar refractivity (Wildman–Crippen MR) is 78.8 cm³/mol. The van der Waals surface area contributed by atoms with Gasteiger partial charge in [-0.3, -0.25) is 4.79 Å². The molecule has 0 bridgehead atoms. The van der Waals surface area contributed by atoms with E-state index in [0.717, 1.165) is 6.42 Å². The van der Waals surface area contributed by atoms with Gasteiger partial charge >= 0.3 is 0 Å². The van der Waals surface area contributed by atoms with Gasteiger partial charge in [-0.05, 0) is 31.4 Å². The number of nitriles is 1. The van der Waals surface area contributed by atoms with Crippen LogP contribution in [0.5, 0.6) is 0 Å². The lowest BCUT2D eigenvalue weighted by molar-refractivity contribution is -0.121. The fraction of sp³-hybridized carbons (Fsp3) is 0.467. The zero-order chi connectivity index (χ0) is 15.5. The Bertz CT molecular complexity index is 676. The molecule has 0 amide bonds. The van der Waals surface area contributed by atoms with Crippen LogP contribution in [0.15, 0.2) is 24.3 Å². The van der Waals surface area contributed by atoms with Crippen molar-refractivity contribution in [3.8, 4) is 6.07 Å². The molecule has 2 rings (SSSR count). The van der Waals surface area contributed by atoms with Gasteiger partial charge in [0.15, 0.2) is 0 Å². The highest BCUT2D eigenvalue weighted by Gasteiger charge is 2.31. The van der Waals surface area contributed by atoms with E-state index in [-0.39, 0.29) is 24.0 Å². The number of carbonyl (C=O) groups is 1. The SMILES string of the molecule is CC(=O)C1CCCN(S(=O)(=O)Cc2ccccc2C#N)C1. The summed E-state index contributed by atoms with van der Waals surface area (Å²) >= 11 is 0. The molecule has 0 radical (unpaired) electrons. The van der Waals surface area contributed by atoms with E-state index in [9.17, 15) is 13.2 Å². The van der Waals surface area contributed by atoms with Crippen molar-refractivity contribution < 1.29 is 13.2 Å². The van der Waals surface area contributed by atoms with Crippen LogP contribution in [0, 0.1) is 17.2 Å². The highest BCUT2D eigenvalue weighted by molar-refractivity contribution is 7.88. The monoisotopic (exact) mass is 306 g/mol. The van der Waals surface area contributed by atoms with E-state index >= 15 is 0 Å². The number of benzene rings is 1. The van der Waals surface area contributed by atoms with Crippen LogP contribution in [0.1, 0.15) is 30.9 Å². The quantitative estimate of drug-likeness (QED) is 0.848. The fourth-order valence-electron chi connectivity index (χ4n) is 2.57. The first-order valence-electron chi connectivity index (χ1n) is 6.90. The molecule has 1 heterocycles. The average molecular weight is 306 g/mol. The van der Waals surface area contributed by atoms with Crippen molar-refractivity contribution >= 4 is 15.8 Å². The zero-order valence-electron chi connectivity index (χ0n) is 11.9. The minimum absolute atomic E-state index is 0.0346. The molecule has 1 fully saturated rings. The van der Waals surface area contributed by atoms with Gasteiger partial charge in [0.25, 0.3) is 0 Å². The van der Waals surface area contributed by atoms with Crippen LogP contribution in [0.3, 0.4) is 0 Å². The van der Waals surface area contributed by atoms with E-state index < -0.39 is 10.0 Å². The molecule has 1 aliphatic rings. The smallest absolute Gasteiger partial charge is 0.218 e. The van der Waals surface area contributed by atoms with Gasteiger partial charge in [-0.25, -0.2) is 12.7 Å². The summed E-state index contributed by atoms with van der Waals surface area (Å²) < 4.78 is 26.4. The first kappa shape index (κ1) is 15.7. The van der Waals surface area contributed by atoms with Gasteiger partial charge in [0.1, 0.15) is 5.78 Å². The molecule has 0 saturated carbocycles. The summed E-state index contributed by atoms with van der Waals surface area (Å²) in [6, 6.07) is 8.71. The Labute approximate surface area is 125 Å². The molecule has 1 aliphatic heterocycles. The Kier molecular flexibility index (Phi) is 4.76. The third-order valence-electron chi connectivity index (χ3n) is 3.83. The molecule has 1 atom stereocenters. The minimum atomic E-state index is -3.51. The van der Waals surface area contributed by atoms with Crippen LogP contribution < -0.4 is 0 Å². The van der Waals surface area contributed by atoms with Crippen molar-refractivity contribution in [3.05, 3.63) is 35.4 Å². The summed E-state index contributed by atoms with van der Waals surface area (Å²) in [6.07, 6.45) is 1.44. The number of nitrogens with zero attached hydrogens (tertiary/aromatic N) is 2. The molecular formula is C15H18N2O3S. The average Bonchev–Trinajstić information content (AvgIpc) is 2.47. The molecule has 0 aromatic heterocycles. The standard InChI is InChI=1S/C15H18N2O3S/c1-12(18)14-7-4-8-17(10-14)21(19,20)11-15-6-3-2-5-13(15)9-16/h2-3,5-6,14H,4,7-8,10-11H2,1H3. The van der Waals surface area contributed by atoms with Crippen molar-refractivity contribution in [1.29, 1.82) is 5.26 Å². The van der Waals surface area contributed by atoms with Crippen LogP contribution in [0.4, 0.5) is 0 Å². The molecule has 112 valence electrons. The summed E-state index contributed by atoms with van der Waals surface area (Å²) in [4.78, 5) is 11.5. The number of hydrogen-bond donors (Lipinski definition) is 0. The van der Waals surface area contributed by atoms with Crippen LogP contribution in [-0.2, 0) is 20.6 Å². The Morgan fingerprint density at radius 3 is 2.81 bits per heavy atom. The van der Waals surface area contributed by atoms with Crippen molar-refractivity contribution in [2.75, 3.05) is 13.1 Å². The molecular weight excluding hydrogens is 288 g/mol. The van der Waals surface area contributed by atoms with Gasteiger partial charge in [-0.2, -0.15) is 5.26 Å². The highest BCUT2D eigenvalue weighted by Crippen LogP contribution is 2.22. The number of ketones is 1. The number of carbonyl (C=O) groups excluding carboxylic acids is 1. The molecule has 1 unspecified atom stereocenters. The number of rotatable bonds is 4. The second kappa shape index (κ2) is 6.37. The third kappa shape index (κ3) is 3.69. The normalized spacial score (nSPS) is 19.9. The molecule has 1 aromatic rings. The Morgan fingerprint density at radius 1 is 1.43 bits per heavy atom. The summed E-state index contributed by atoms with van der Waals surface area (Å²) in [5.41, 5.74) is 0.881. The Balaban J connectivity index is 2.19. The van der Waals surface area contributed by atoms with E-state index in [1.54, 1.807) is 24.3 Å². The molecule has 0 N–H and O–H groups in total. The lowest BCUT2D eigenvalue weighted by atomic mass is 9.96. The van der Waals surface area contributed by atoms with E-state index in [0.29, 0.717) is 24.1 Å². The minimum Gasteiger partial charge on any atom is -0.300 e. The van der Waals surface area contributed by atoms with Crippen LogP contribution in [-0.4, -0.2) is 31.6 Å². The maximum Gasteiger partial charge on any atom is 0.218 e. The molecule has 1 aromatic carbocycles. The molecule has 21 heavy (non-hydrogen) atoms. The first-order chi connectivity index (χ1) is 9.94. The molecule has 0 aliphatic carbocycles. The maximum atomic E-state index is 12.5. The van der Waals surface area contributed by atoms with Gasteiger partial charge in [0.05, 0.1) is 17.4 Å². The molecule has 1 saturated heterocycles.